The normalized spacial score (nSPS) is 24.2. The number of likely N-dealkylation sites (tertiary alicyclic amines) is 2. The topological polar surface area (TPSA) is 107 Å². The summed E-state index contributed by atoms with van der Waals surface area (Å²) in [6.07, 6.45) is 8.19. The number of hydrogen-bond donors (Lipinski definition) is 1. The van der Waals surface area contributed by atoms with Gasteiger partial charge in [0.25, 0.3) is 5.91 Å². The molecule has 9 nitrogen and oxygen atoms in total. The number of hydrogen-bond acceptors (Lipinski definition) is 6. The van der Waals surface area contributed by atoms with Crippen molar-refractivity contribution >= 4 is 27.6 Å². The second kappa shape index (κ2) is 13.5. The quantitative estimate of drug-likeness (QED) is 0.420. The molecule has 3 heterocycles. The maximum atomic E-state index is 14.5. The Kier molecular flexibility index (Phi) is 9.57. The highest BCUT2D eigenvalue weighted by Gasteiger charge is 2.47. The summed E-state index contributed by atoms with van der Waals surface area (Å²) >= 11 is 0. The first-order valence-corrected chi connectivity index (χ1v) is 19.0. The Morgan fingerprint density at radius 1 is 0.957 bits per heavy atom. The van der Waals surface area contributed by atoms with Crippen LogP contribution in [0.3, 0.4) is 0 Å². The van der Waals surface area contributed by atoms with Crippen LogP contribution in [0.4, 0.5) is 0 Å². The number of nitrogens with zero attached hydrogens (tertiary/aromatic N) is 3. The van der Waals surface area contributed by atoms with Gasteiger partial charge in [-0.25, -0.2) is 8.42 Å². The summed E-state index contributed by atoms with van der Waals surface area (Å²) < 4.78 is 25.3. The molecule has 0 aromatic heterocycles. The fourth-order valence-electron chi connectivity index (χ4n) is 8.30. The van der Waals surface area contributed by atoms with E-state index in [4.69, 9.17) is 0 Å². The first-order chi connectivity index (χ1) is 22.1. The van der Waals surface area contributed by atoms with E-state index in [1.54, 1.807) is 11.0 Å². The molecular formula is C36H48N4O5S. The number of carbonyl (C=O) groups is 3. The third-order valence-corrected chi connectivity index (χ3v) is 12.0. The largest absolute Gasteiger partial charge is 0.342 e. The average molecular weight is 649 g/mol. The Balaban J connectivity index is 1.34. The molecule has 1 N–H and O–H groups in total. The molecule has 3 amide bonds. The van der Waals surface area contributed by atoms with Crippen molar-refractivity contribution in [1.82, 2.24) is 20.0 Å². The van der Waals surface area contributed by atoms with E-state index in [-0.39, 0.29) is 47.0 Å². The maximum absolute atomic E-state index is 14.5. The van der Waals surface area contributed by atoms with Crippen LogP contribution in [0.25, 0.3) is 0 Å². The van der Waals surface area contributed by atoms with Gasteiger partial charge in [0, 0.05) is 37.5 Å². The first-order valence-electron chi connectivity index (χ1n) is 17.1. The van der Waals surface area contributed by atoms with Gasteiger partial charge in [-0.15, -0.1) is 0 Å². The molecule has 2 aromatic carbocycles. The van der Waals surface area contributed by atoms with Crippen molar-refractivity contribution in [2.45, 2.75) is 94.8 Å². The smallest absolute Gasteiger partial charge is 0.254 e. The van der Waals surface area contributed by atoms with Crippen LogP contribution in [-0.4, -0.2) is 91.4 Å². The predicted octanol–water partition coefficient (Wildman–Crippen LogP) is 3.84. The summed E-state index contributed by atoms with van der Waals surface area (Å²) in [5.74, 6) is -0.585. The van der Waals surface area contributed by atoms with Crippen molar-refractivity contribution in [3.63, 3.8) is 0 Å². The molecule has 4 aliphatic rings. The van der Waals surface area contributed by atoms with E-state index in [1.807, 2.05) is 30.9 Å². The molecule has 0 spiro atoms. The molecule has 0 radical (unpaired) electrons. The SMILES string of the molecule is CCC(CC)[C@@H]1C(=O)N[C@H](C2Cc3ccccc3C2)C(=O)N1Cc1ccc(S(C)(=O)=O)cc1C(=O)N1CCC[C@H]1CN1CCCC1. The fourth-order valence-corrected chi connectivity index (χ4v) is 8.95. The molecule has 10 heteroatoms. The number of fused-ring (bicyclic) bond motifs is 1. The number of nitrogens with one attached hydrogen (secondary N) is 1. The minimum Gasteiger partial charge on any atom is -0.342 e. The lowest BCUT2D eigenvalue weighted by Crippen LogP contribution is -2.66. The Hall–Kier alpha value is -3.24. The highest BCUT2D eigenvalue weighted by atomic mass is 32.2. The second-order valence-electron chi connectivity index (χ2n) is 13.8. The minimum atomic E-state index is -3.59. The monoisotopic (exact) mass is 648 g/mol. The van der Waals surface area contributed by atoms with Gasteiger partial charge in [-0.2, -0.15) is 0 Å². The van der Waals surface area contributed by atoms with Crippen LogP contribution >= 0.6 is 0 Å². The molecule has 0 bridgehead atoms. The number of benzene rings is 2. The zero-order valence-corrected chi connectivity index (χ0v) is 28.2. The Bertz CT molecular complexity index is 1560. The summed E-state index contributed by atoms with van der Waals surface area (Å²) in [5.41, 5.74) is 3.31. The molecule has 6 rings (SSSR count). The molecule has 1 aliphatic carbocycles. The molecular weight excluding hydrogens is 600 g/mol. The lowest BCUT2D eigenvalue weighted by Gasteiger charge is -2.44. The van der Waals surface area contributed by atoms with Gasteiger partial charge >= 0.3 is 0 Å². The van der Waals surface area contributed by atoms with Crippen molar-refractivity contribution in [3.8, 4) is 0 Å². The lowest BCUT2D eigenvalue weighted by atomic mass is 9.85. The van der Waals surface area contributed by atoms with Crippen molar-refractivity contribution in [3.05, 3.63) is 64.7 Å². The molecule has 2 aromatic rings. The van der Waals surface area contributed by atoms with Gasteiger partial charge in [0.15, 0.2) is 9.84 Å². The van der Waals surface area contributed by atoms with Gasteiger partial charge in [0.05, 0.1) is 4.90 Å². The van der Waals surface area contributed by atoms with E-state index >= 15 is 0 Å². The van der Waals surface area contributed by atoms with Crippen molar-refractivity contribution in [2.24, 2.45) is 11.8 Å². The van der Waals surface area contributed by atoms with Gasteiger partial charge in [0.1, 0.15) is 12.1 Å². The van der Waals surface area contributed by atoms with Crippen molar-refractivity contribution in [1.29, 1.82) is 0 Å². The number of carbonyl (C=O) groups excluding carboxylic acids is 3. The zero-order valence-electron chi connectivity index (χ0n) is 27.4. The summed E-state index contributed by atoms with van der Waals surface area (Å²) in [5, 5.41) is 3.12. The number of piperazine rings is 1. The van der Waals surface area contributed by atoms with Crippen molar-refractivity contribution in [2.75, 3.05) is 32.4 Å². The highest BCUT2D eigenvalue weighted by Crippen LogP contribution is 2.34. The van der Waals surface area contributed by atoms with Crippen LogP contribution in [0.5, 0.6) is 0 Å². The van der Waals surface area contributed by atoms with Crippen LogP contribution in [-0.2, 0) is 38.8 Å². The Morgan fingerprint density at radius 2 is 1.63 bits per heavy atom. The van der Waals surface area contributed by atoms with Crippen LogP contribution in [0.1, 0.15) is 79.4 Å². The third-order valence-electron chi connectivity index (χ3n) is 10.9. The van der Waals surface area contributed by atoms with E-state index < -0.39 is 21.9 Å². The van der Waals surface area contributed by atoms with Gasteiger partial charge in [0.2, 0.25) is 11.8 Å². The molecule has 0 saturated carbocycles. The van der Waals surface area contributed by atoms with Gasteiger partial charge < -0.3 is 20.0 Å². The van der Waals surface area contributed by atoms with Crippen LogP contribution in [0.15, 0.2) is 47.4 Å². The molecule has 3 saturated heterocycles. The first kappa shape index (κ1) is 32.7. The summed E-state index contributed by atoms with van der Waals surface area (Å²) in [6.45, 7) is 7.65. The molecule has 248 valence electrons. The summed E-state index contributed by atoms with van der Waals surface area (Å²) in [7, 11) is -3.59. The summed E-state index contributed by atoms with van der Waals surface area (Å²) in [4.78, 5) is 48.9. The fraction of sp³-hybridized carbons (Fsp3) is 0.583. The molecule has 3 fully saturated rings. The second-order valence-corrected chi connectivity index (χ2v) is 15.8. The van der Waals surface area contributed by atoms with Gasteiger partial charge in [-0.1, -0.05) is 57.0 Å². The standard InChI is InChI=1S/C36H48N4O5S/c1-4-24(5-2)33-34(41)37-32(28-19-25-11-6-7-12-26(25)20-28)36(43)40(33)22-27-14-15-30(46(3,44)45)21-31(27)35(42)39-18-10-13-29(39)23-38-16-8-9-17-38/h6-7,11-12,14-15,21,24,28-29,32-33H,4-5,8-10,13,16-20,22-23H2,1-3H3,(H,37,41)/t29-,32+,33+/m0/s1. The zero-order chi connectivity index (χ0) is 32.6. The van der Waals surface area contributed by atoms with Crippen molar-refractivity contribution < 1.29 is 22.8 Å². The van der Waals surface area contributed by atoms with Gasteiger partial charge in [-0.3, -0.25) is 14.4 Å². The van der Waals surface area contributed by atoms with Crippen LogP contribution in [0.2, 0.25) is 0 Å². The highest BCUT2D eigenvalue weighted by molar-refractivity contribution is 7.90. The molecule has 0 unspecified atom stereocenters. The van der Waals surface area contributed by atoms with E-state index in [2.05, 4.69) is 22.3 Å². The third kappa shape index (κ3) is 6.47. The predicted molar refractivity (Wildman–Crippen MR) is 177 cm³/mol. The molecule has 46 heavy (non-hydrogen) atoms. The van der Waals surface area contributed by atoms with E-state index in [0.717, 1.165) is 64.4 Å². The average Bonchev–Trinajstić information content (AvgIpc) is 3.81. The Labute approximate surface area is 273 Å². The maximum Gasteiger partial charge on any atom is 0.254 e. The van der Waals surface area contributed by atoms with Crippen LogP contribution < -0.4 is 5.32 Å². The molecule has 3 atom stereocenters. The minimum absolute atomic E-state index is 0.0522. The Morgan fingerprint density at radius 3 is 2.26 bits per heavy atom. The number of rotatable bonds is 10. The van der Waals surface area contributed by atoms with E-state index in [9.17, 15) is 22.8 Å². The number of sulfone groups is 1. The lowest BCUT2D eigenvalue weighted by molar-refractivity contribution is -0.154. The number of amides is 3. The van der Waals surface area contributed by atoms with Crippen LogP contribution in [0, 0.1) is 11.8 Å². The van der Waals surface area contributed by atoms with E-state index in [1.165, 1.54) is 36.1 Å². The summed E-state index contributed by atoms with van der Waals surface area (Å²) in [6, 6.07) is 11.6. The van der Waals surface area contributed by atoms with Gasteiger partial charge in [-0.05, 0) is 92.3 Å². The molecule has 3 aliphatic heterocycles. The van der Waals surface area contributed by atoms with E-state index in [0.29, 0.717) is 17.7 Å².